The van der Waals surface area contributed by atoms with Crippen LogP contribution in [0.5, 0.6) is 0 Å². The third kappa shape index (κ3) is 5.58. The van der Waals surface area contributed by atoms with Crippen LogP contribution in [-0.2, 0) is 11.3 Å². The highest BCUT2D eigenvalue weighted by Gasteiger charge is 2.19. The van der Waals surface area contributed by atoms with Gasteiger partial charge in [0.2, 0.25) is 5.91 Å². The third-order valence-electron chi connectivity index (χ3n) is 5.80. The number of amides is 1. The molecule has 0 aliphatic carbocycles. The van der Waals surface area contributed by atoms with Gasteiger partial charge < -0.3 is 15.1 Å². The van der Waals surface area contributed by atoms with Gasteiger partial charge in [-0.25, -0.2) is 9.07 Å². The number of hydrogen-bond acceptors (Lipinski definition) is 5. The lowest BCUT2D eigenvalue weighted by molar-refractivity contribution is -0.117. The van der Waals surface area contributed by atoms with Crippen molar-refractivity contribution in [3.8, 4) is 0 Å². The average molecular weight is 450 g/mol. The van der Waals surface area contributed by atoms with E-state index in [1.165, 1.54) is 28.4 Å². The summed E-state index contributed by atoms with van der Waals surface area (Å²) in [5, 5.41) is 7.25. The number of rotatable bonds is 6. The van der Waals surface area contributed by atoms with Crippen molar-refractivity contribution in [2.75, 3.05) is 41.3 Å². The van der Waals surface area contributed by atoms with Crippen LogP contribution in [0.2, 0.25) is 0 Å². The number of nitrogens with zero attached hydrogens (tertiary/aromatic N) is 4. The van der Waals surface area contributed by atoms with Gasteiger partial charge in [0, 0.05) is 43.6 Å². The summed E-state index contributed by atoms with van der Waals surface area (Å²) in [5.41, 5.74) is 2.53. The van der Waals surface area contributed by atoms with E-state index in [-0.39, 0.29) is 23.8 Å². The van der Waals surface area contributed by atoms with E-state index in [4.69, 9.17) is 0 Å². The van der Waals surface area contributed by atoms with E-state index in [2.05, 4.69) is 34.1 Å². The molecule has 1 N–H and O–H groups in total. The minimum Gasteiger partial charge on any atom is -0.368 e. The molecule has 0 radical (unpaired) electrons. The van der Waals surface area contributed by atoms with Gasteiger partial charge in [0.15, 0.2) is 0 Å². The smallest absolute Gasteiger partial charge is 0.267 e. The Morgan fingerprint density at radius 2 is 1.58 bits per heavy atom. The van der Waals surface area contributed by atoms with Crippen LogP contribution in [0.1, 0.15) is 25.3 Å². The highest BCUT2D eigenvalue weighted by atomic mass is 19.1. The minimum atomic E-state index is -0.325. The molecule has 1 amide bonds. The predicted molar refractivity (Wildman–Crippen MR) is 128 cm³/mol. The zero-order valence-corrected chi connectivity index (χ0v) is 18.9. The van der Waals surface area contributed by atoms with E-state index in [0.717, 1.165) is 18.8 Å². The molecule has 2 heterocycles. The van der Waals surface area contributed by atoms with Gasteiger partial charge in [0.1, 0.15) is 18.2 Å². The van der Waals surface area contributed by atoms with E-state index in [9.17, 15) is 14.0 Å². The van der Waals surface area contributed by atoms with Crippen LogP contribution in [0.4, 0.5) is 21.6 Å². The summed E-state index contributed by atoms with van der Waals surface area (Å²) in [6.45, 7) is 6.98. The molecule has 0 atom stereocenters. The predicted octanol–water partition coefficient (Wildman–Crippen LogP) is 3.47. The molecule has 0 bridgehead atoms. The Bertz CT molecular complexity index is 1150. The quantitative estimate of drug-likeness (QED) is 0.624. The molecule has 1 aliphatic heterocycles. The molecule has 3 aromatic rings. The number of carbonyl (C=O) groups excluding carboxylic acids is 1. The van der Waals surface area contributed by atoms with Crippen LogP contribution in [0, 0.1) is 5.82 Å². The Kier molecular flexibility index (Phi) is 6.72. The average Bonchev–Trinajstić information content (AvgIpc) is 2.81. The summed E-state index contributed by atoms with van der Waals surface area (Å²) >= 11 is 0. The van der Waals surface area contributed by atoms with Crippen LogP contribution in [-0.4, -0.2) is 41.9 Å². The van der Waals surface area contributed by atoms with Gasteiger partial charge in [-0.2, -0.15) is 5.10 Å². The molecular formula is C25H28FN5O2. The zero-order chi connectivity index (χ0) is 23.4. The molecule has 172 valence electrons. The van der Waals surface area contributed by atoms with Gasteiger partial charge in [-0.1, -0.05) is 26.0 Å². The molecule has 7 nitrogen and oxygen atoms in total. The van der Waals surface area contributed by atoms with Gasteiger partial charge >= 0.3 is 0 Å². The summed E-state index contributed by atoms with van der Waals surface area (Å²) in [4.78, 5) is 29.1. The van der Waals surface area contributed by atoms with Gasteiger partial charge in [0.25, 0.3) is 5.56 Å². The number of benzene rings is 2. The molecule has 0 unspecified atom stereocenters. The minimum absolute atomic E-state index is 0.159. The second-order valence-electron chi connectivity index (χ2n) is 8.46. The molecule has 1 aromatic heterocycles. The van der Waals surface area contributed by atoms with Crippen molar-refractivity contribution < 1.29 is 9.18 Å². The fourth-order valence-corrected chi connectivity index (χ4v) is 3.85. The second-order valence-corrected chi connectivity index (χ2v) is 8.46. The molecule has 1 saturated heterocycles. The van der Waals surface area contributed by atoms with Crippen molar-refractivity contribution in [3.05, 3.63) is 82.4 Å². The third-order valence-corrected chi connectivity index (χ3v) is 5.80. The number of hydrogen-bond donors (Lipinski definition) is 1. The van der Waals surface area contributed by atoms with E-state index in [1.54, 1.807) is 18.2 Å². The van der Waals surface area contributed by atoms with E-state index in [1.807, 2.05) is 24.3 Å². The molecule has 1 fully saturated rings. The summed E-state index contributed by atoms with van der Waals surface area (Å²) in [5.74, 6) is 0.515. The summed E-state index contributed by atoms with van der Waals surface area (Å²) in [6.07, 6.45) is 0. The van der Waals surface area contributed by atoms with Crippen molar-refractivity contribution in [1.29, 1.82) is 0 Å². The molecule has 33 heavy (non-hydrogen) atoms. The number of halogens is 1. The number of anilines is 3. The largest absolute Gasteiger partial charge is 0.368 e. The molecule has 0 saturated carbocycles. The number of aromatic nitrogens is 2. The van der Waals surface area contributed by atoms with Crippen LogP contribution < -0.4 is 20.7 Å². The van der Waals surface area contributed by atoms with Gasteiger partial charge in [0.05, 0.1) is 0 Å². The van der Waals surface area contributed by atoms with E-state index < -0.39 is 0 Å². The van der Waals surface area contributed by atoms with Gasteiger partial charge in [-0.05, 0) is 53.9 Å². The zero-order valence-electron chi connectivity index (χ0n) is 18.9. The lowest BCUT2D eigenvalue weighted by Crippen LogP contribution is -2.47. The maximum absolute atomic E-state index is 13.2. The summed E-state index contributed by atoms with van der Waals surface area (Å²) < 4.78 is 14.4. The van der Waals surface area contributed by atoms with Crippen LogP contribution in [0.25, 0.3) is 0 Å². The van der Waals surface area contributed by atoms with Crippen molar-refractivity contribution in [2.45, 2.75) is 26.3 Å². The first-order chi connectivity index (χ1) is 15.9. The molecule has 0 spiro atoms. The van der Waals surface area contributed by atoms with Crippen LogP contribution in [0.15, 0.2) is 65.5 Å². The Balaban J connectivity index is 1.38. The van der Waals surface area contributed by atoms with Crippen molar-refractivity contribution in [1.82, 2.24) is 9.78 Å². The van der Waals surface area contributed by atoms with E-state index >= 15 is 0 Å². The first-order valence-electron chi connectivity index (χ1n) is 11.1. The normalized spacial score (nSPS) is 13.9. The SMILES string of the molecule is CC(C)c1ccc(NC(=O)Cn2nc(N3CCN(c4ccc(F)cc4)CC3)ccc2=O)cc1. The Labute approximate surface area is 192 Å². The van der Waals surface area contributed by atoms with Crippen LogP contribution in [0.3, 0.4) is 0 Å². The molecule has 4 rings (SSSR count). The topological polar surface area (TPSA) is 70.5 Å². The first-order valence-corrected chi connectivity index (χ1v) is 11.1. The molecule has 1 aliphatic rings. The Morgan fingerprint density at radius 3 is 2.21 bits per heavy atom. The van der Waals surface area contributed by atoms with Gasteiger partial charge in [-0.3, -0.25) is 9.59 Å². The van der Waals surface area contributed by atoms with Crippen molar-refractivity contribution in [3.63, 3.8) is 0 Å². The monoisotopic (exact) mass is 449 g/mol. The summed E-state index contributed by atoms with van der Waals surface area (Å²) in [6, 6.07) is 17.3. The fourth-order valence-electron chi connectivity index (χ4n) is 3.85. The standard InChI is InChI=1S/C25H28FN5O2/c1-18(2)19-3-7-21(8-4-19)27-24(32)17-31-25(33)12-11-23(28-31)30-15-13-29(14-16-30)22-9-5-20(26)6-10-22/h3-12,18H,13-17H2,1-2H3,(H,27,32). The highest BCUT2D eigenvalue weighted by Crippen LogP contribution is 2.19. The van der Waals surface area contributed by atoms with Crippen molar-refractivity contribution >= 4 is 23.1 Å². The van der Waals surface area contributed by atoms with Gasteiger partial charge in [-0.15, -0.1) is 0 Å². The lowest BCUT2D eigenvalue weighted by atomic mass is 10.0. The maximum Gasteiger partial charge on any atom is 0.267 e. The second kappa shape index (κ2) is 9.85. The highest BCUT2D eigenvalue weighted by molar-refractivity contribution is 5.90. The van der Waals surface area contributed by atoms with E-state index in [0.29, 0.717) is 30.5 Å². The van der Waals surface area contributed by atoms with Crippen LogP contribution >= 0.6 is 0 Å². The number of carbonyl (C=O) groups is 1. The lowest BCUT2D eigenvalue weighted by Gasteiger charge is -2.36. The summed E-state index contributed by atoms with van der Waals surface area (Å²) in [7, 11) is 0. The molecule has 2 aromatic carbocycles. The maximum atomic E-state index is 13.2. The molecular weight excluding hydrogens is 421 g/mol. The number of nitrogens with one attached hydrogen (secondary N) is 1. The fraction of sp³-hybridized carbons (Fsp3) is 0.320. The Hall–Kier alpha value is -3.68. The Morgan fingerprint density at radius 1 is 0.939 bits per heavy atom. The number of piperazine rings is 1. The van der Waals surface area contributed by atoms with Crippen molar-refractivity contribution in [2.24, 2.45) is 0 Å². The molecule has 8 heteroatoms. The first kappa shape index (κ1) is 22.5.